The fraction of sp³-hybridized carbons (Fsp3) is 0.333. The van der Waals surface area contributed by atoms with Gasteiger partial charge in [0.25, 0.3) is 11.8 Å². The Bertz CT molecular complexity index is 954. The fourth-order valence-electron chi connectivity index (χ4n) is 4.09. The van der Waals surface area contributed by atoms with Gasteiger partial charge in [0, 0.05) is 13.1 Å². The van der Waals surface area contributed by atoms with Crippen molar-refractivity contribution in [2.45, 2.75) is 33.6 Å². The van der Waals surface area contributed by atoms with Crippen LogP contribution >= 0.6 is 0 Å². The van der Waals surface area contributed by atoms with Gasteiger partial charge in [-0.3, -0.25) is 9.59 Å². The number of carbonyl (C=O) groups is 2. The average Bonchev–Trinajstić information content (AvgIpc) is 2.95. The van der Waals surface area contributed by atoms with E-state index in [2.05, 4.69) is 11.8 Å². The van der Waals surface area contributed by atoms with E-state index in [4.69, 9.17) is 0 Å². The quantitative estimate of drug-likeness (QED) is 0.751. The first kappa shape index (κ1) is 18.5. The zero-order valence-corrected chi connectivity index (χ0v) is 16.7. The molecule has 144 valence electrons. The molecule has 2 aliphatic heterocycles. The van der Waals surface area contributed by atoms with E-state index in [-0.39, 0.29) is 11.8 Å². The van der Waals surface area contributed by atoms with Crippen molar-refractivity contribution in [2.24, 2.45) is 5.92 Å². The van der Waals surface area contributed by atoms with E-state index in [1.54, 1.807) is 0 Å². The molecule has 0 N–H and O–H groups in total. The van der Waals surface area contributed by atoms with Crippen LogP contribution in [0.15, 0.2) is 54.2 Å². The molecule has 0 atom stereocenters. The highest BCUT2D eigenvalue weighted by molar-refractivity contribution is 6.45. The Hall–Kier alpha value is -2.88. The number of amides is 2. The van der Waals surface area contributed by atoms with Crippen molar-refractivity contribution in [3.63, 3.8) is 0 Å². The number of anilines is 1. The van der Waals surface area contributed by atoms with Crippen LogP contribution in [0.1, 0.15) is 36.5 Å². The van der Waals surface area contributed by atoms with Crippen LogP contribution in [0.4, 0.5) is 5.69 Å². The lowest BCUT2D eigenvalue weighted by Gasteiger charge is -2.32. The molecule has 4 rings (SSSR count). The largest absolute Gasteiger partial charge is 0.366 e. The van der Waals surface area contributed by atoms with Crippen LogP contribution in [0.5, 0.6) is 0 Å². The Balaban J connectivity index is 1.83. The number of hydrogen-bond donors (Lipinski definition) is 0. The molecule has 4 nitrogen and oxygen atoms in total. The molecule has 4 heteroatoms. The number of hydrogen-bond acceptors (Lipinski definition) is 3. The SMILES string of the molecule is Cc1ccc(C)c(N2C(=O)C(c3ccccc3)=C(N3CCC(C)CC3)C2=O)c1. The van der Waals surface area contributed by atoms with Gasteiger partial charge in [-0.05, 0) is 55.4 Å². The molecule has 28 heavy (non-hydrogen) atoms. The summed E-state index contributed by atoms with van der Waals surface area (Å²) in [5, 5.41) is 0. The lowest BCUT2D eigenvalue weighted by atomic mass is 9.97. The Morgan fingerprint density at radius 3 is 2.25 bits per heavy atom. The van der Waals surface area contributed by atoms with E-state index in [0.29, 0.717) is 22.9 Å². The van der Waals surface area contributed by atoms with Crippen LogP contribution in [0.25, 0.3) is 5.57 Å². The van der Waals surface area contributed by atoms with Gasteiger partial charge >= 0.3 is 0 Å². The van der Waals surface area contributed by atoms with E-state index in [9.17, 15) is 9.59 Å². The third-order valence-electron chi connectivity index (χ3n) is 5.83. The van der Waals surface area contributed by atoms with Crippen molar-refractivity contribution in [2.75, 3.05) is 18.0 Å². The topological polar surface area (TPSA) is 40.6 Å². The lowest BCUT2D eigenvalue weighted by Crippen LogP contribution is -2.38. The molecule has 2 amide bonds. The highest BCUT2D eigenvalue weighted by atomic mass is 16.2. The van der Waals surface area contributed by atoms with Gasteiger partial charge < -0.3 is 4.90 Å². The van der Waals surface area contributed by atoms with Crippen molar-refractivity contribution >= 4 is 23.1 Å². The standard InChI is InChI=1S/C24H26N2O2/c1-16-11-13-25(14-12-16)22-21(19-7-5-4-6-8-19)23(27)26(24(22)28)20-15-17(2)9-10-18(20)3/h4-10,15-16H,11-14H2,1-3H3. The summed E-state index contributed by atoms with van der Waals surface area (Å²) >= 11 is 0. The van der Waals surface area contributed by atoms with Crippen molar-refractivity contribution in [3.8, 4) is 0 Å². The summed E-state index contributed by atoms with van der Waals surface area (Å²) in [5.74, 6) is 0.227. The maximum absolute atomic E-state index is 13.5. The summed E-state index contributed by atoms with van der Waals surface area (Å²) in [5.41, 5.74) is 4.53. The second-order valence-corrected chi connectivity index (χ2v) is 7.99. The minimum atomic E-state index is -0.224. The van der Waals surface area contributed by atoms with E-state index in [1.165, 1.54) is 4.90 Å². The summed E-state index contributed by atoms with van der Waals surface area (Å²) < 4.78 is 0. The molecule has 0 aliphatic carbocycles. The first-order valence-corrected chi connectivity index (χ1v) is 9.98. The first-order valence-electron chi connectivity index (χ1n) is 9.98. The van der Waals surface area contributed by atoms with Gasteiger partial charge in [-0.25, -0.2) is 4.90 Å². The average molecular weight is 374 g/mol. The predicted molar refractivity (Wildman–Crippen MR) is 112 cm³/mol. The number of aryl methyl sites for hydroxylation is 2. The van der Waals surface area contributed by atoms with Crippen LogP contribution in [-0.2, 0) is 9.59 Å². The molecule has 2 aromatic carbocycles. The van der Waals surface area contributed by atoms with Gasteiger partial charge in [0.1, 0.15) is 5.70 Å². The molecule has 1 fully saturated rings. The number of rotatable bonds is 3. The van der Waals surface area contributed by atoms with Gasteiger partial charge in [0.2, 0.25) is 0 Å². The smallest absolute Gasteiger partial charge is 0.282 e. The van der Waals surface area contributed by atoms with Crippen molar-refractivity contribution in [3.05, 3.63) is 70.9 Å². The summed E-state index contributed by atoms with van der Waals surface area (Å²) in [6, 6.07) is 15.5. The second kappa shape index (κ2) is 7.27. The maximum Gasteiger partial charge on any atom is 0.282 e. The van der Waals surface area contributed by atoms with Gasteiger partial charge in [-0.2, -0.15) is 0 Å². The molecule has 0 saturated carbocycles. The van der Waals surface area contributed by atoms with Gasteiger partial charge in [-0.15, -0.1) is 0 Å². The minimum Gasteiger partial charge on any atom is -0.366 e. The Labute approximate surface area is 166 Å². The minimum absolute atomic E-state index is 0.202. The van der Waals surface area contributed by atoms with Crippen LogP contribution in [0.2, 0.25) is 0 Å². The van der Waals surface area contributed by atoms with E-state index in [1.807, 2.05) is 62.4 Å². The molecular formula is C24H26N2O2. The monoisotopic (exact) mass is 374 g/mol. The number of piperidine rings is 1. The zero-order chi connectivity index (χ0) is 19.8. The van der Waals surface area contributed by atoms with Gasteiger partial charge in [0.15, 0.2) is 0 Å². The number of nitrogens with zero attached hydrogens (tertiary/aromatic N) is 2. The molecule has 2 aliphatic rings. The maximum atomic E-state index is 13.5. The summed E-state index contributed by atoms with van der Waals surface area (Å²) in [7, 11) is 0. The highest BCUT2D eigenvalue weighted by Crippen LogP contribution is 2.37. The molecule has 0 bridgehead atoms. The molecular weight excluding hydrogens is 348 g/mol. The molecule has 0 spiro atoms. The summed E-state index contributed by atoms with van der Waals surface area (Å²) in [4.78, 5) is 30.6. The predicted octanol–water partition coefficient (Wildman–Crippen LogP) is 4.32. The van der Waals surface area contributed by atoms with E-state index in [0.717, 1.165) is 42.6 Å². The zero-order valence-electron chi connectivity index (χ0n) is 16.7. The molecule has 2 heterocycles. The summed E-state index contributed by atoms with van der Waals surface area (Å²) in [6.45, 7) is 7.79. The van der Waals surface area contributed by atoms with Crippen LogP contribution in [0, 0.1) is 19.8 Å². The number of imide groups is 1. The Morgan fingerprint density at radius 1 is 0.893 bits per heavy atom. The van der Waals surface area contributed by atoms with Gasteiger partial charge in [-0.1, -0.05) is 49.4 Å². The Morgan fingerprint density at radius 2 is 1.57 bits per heavy atom. The molecule has 2 aromatic rings. The third-order valence-corrected chi connectivity index (χ3v) is 5.83. The fourth-order valence-corrected chi connectivity index (χ4v) is 4.09. The van der Waals surface area contributed by atoms with E-state index < -0.39 is 0 Å². The summed E-state index contributed by atoms with van der Waals surface area (Å²) in [6.07, 6.45) is 2.08. The Kier molecular flexibility index (Phi) is 4.80. The molecule has 1 saturated heterocycles. The van der Waals surface area contributed by atoms with Crippen molar-refractivity contribution in [1.29, 1.82) is 0 Å². The normalized spacial score (nSPS) is 18.4. The van der Waals surface area contributed by atoms with Gasteiger partial charge in [0.05, 0.1) is 11.3 Å². The van der Waals surface area contributed by atoms with Crippen molar-refractivity contribution in [1.82, 2.24) is 4.90 Å². The number of benzene rings is 2. The van der Waals surface area contributed by atoms with Crippen LogP contribution in [0.3, 0.4) is 0 Å². The molecule has 0 unspecified atom stereocenters. The second-order valence-electron chi connectivity index (χ2n) is 7.99. The van der Waals surface area contributed by atoms with Crippen LogP contribution < -0.4 is 4.90 Å². The number of carbonyl (C=O) groups excluding carboxylic acids is 2. The van der Waals surface area contributed by atoms with Crippen molar-refractivity contribution < 1.29 is 9.59 Å². The molecule has 0 aromatic heterocycles. The first-order chi connectivity index (χ1) is 13.5. The highest BCUT2D eigenvalue weighted by Gasteiger charge is 2.43. The lowest BCUT2D eigenvalue weighted by molar-refractivity contribution is -0.120. The van der Waals surface area contributed by atoms with E-state index >= 15 is 0 Å². The van der Waals surface area contributed by atoms with Crippen LogP contribution in [-0.4, -0.2) is 29.8 Å². The third kappa shape index (κ3) is 3.13. The molecule has 0 radical (unpaired) electrons. The number of likely N-dealkylation sites (tertiary alicyclic amines) is 1.